The number of H-pyrrole nitrogens is 2. The van der Waals surface area contributed by atoms with E-state index in [2.05, 4.69) is 35.5 Å². The average Bonchev–Trinajstić information content (AvgIpc) is 3.31. The molecular weight excluding hydrogens is 517 g/mol. The highest BCUT2D eigenvalue weighted by Gasteiger charge is 2.29. The number of amides is 1. The molecule has 0 unspecified atom stereocenters. The lowest BCUT2D eigenvalue weighted by molar-refractivity contribution is -0.117. The third-order valence-corrected chi connectivity index (χ3v) is 7.97. The largest absolute Gasteiger partial charge is 0.335 e. The number of ketones is 1. The lowest BCUT2D eigenvalue weighted by Gasteiger charge is -2.07. The second kappa shape index (κ2) is 8.91. The van der Waals surface area contributed by atoms with Gasteiger partial charge in [-0.1, -0.05) is 0 Å². The van der Waals surface area contributed by atoms with E-state index in [9.17, 15) is 9.59 Å². The maximum atomic E-state index is 15.2. The number of aromatic amines is 2. The van der Waals surface area contributed by atoms with Gasteiger partial charge in [-0.2, -0.15) is 5.10 Å². The van der Waals surface area contributed by atoms with Gasteiger partial charge >= 0.3 is 0 Å². The summed E-state index contributed by atoms with van der Waals surface area (Å²) in [5, 5.41) is 10.5. The molecule has 39 heavy (non-hydrogen) atoms. The third kappa shape index (κ3) is 4.16. The molecule has 9 nitrogen and oxygen atoms in total. The zero-order valence-electron chi connectivity index (χ0n) is 20.6. The Morgan fingerprint density at radius 2 is 1.97 bits per heavy atom. The van der Waals surface area contributed by atoms with Gasteiger partial charge in [-0.05, 0) is 61.7 Å². The number of anilines is 1. The summed E-state index contributed by atoms with van der Waals surface area (Å²) in [4.78, 5) is 42.2. The highest BCUT2D eigenvalue weighted by atomic mass is 32.1. The monoisotopic (exact) mass is 537 g/mol. The Labute approximate surface area is 224 Å². The first-order valence-electron chi connectivity index (χ1n) is 12.3. The summed E-state index contributed by atoms with van der Waals surface area (Å²) in [5.41, 5.74) is 4.55. The smallest absolute Gasteiger partial charge is 0.227 e. The number of carbonyl (C=O) groups is 2. The van der Waals surface area contributed by atoms with Crippen LogP contribution in [0, 0.1) is 11.7 Å². The summed E-state index contributed by atoms with van der Waals surface area (Å²) >= 11 is 1.40. The van der Waals surface area contributed by atoms with E-state index in [1.807, 2.05) is 18.2 Å². The van der Waals surface area contributed by atoms with Crippen LogP contribution in [0.1, 0.15) is 29.4 Å². The summed E-state index contributed by atoms with van der Waals surface area (Å²) in [5.74, 6) is 0.00430. The SMILES string of the molecule is CC(=O)c1ccc(-c2ccnc3nc(-c4[nH]nc5c(F)cc(-c6cncc(NC(=O)C7CC7)c6)cc45)[nH]c23)s1. The number of imidazole rings is 1. The fraction of sp³-hybridized carbons (Fsp3) is 0.143. The molecule has 1 aliphatic carbocycles. The van der Waals surface area contributed by atoms with Gasteiger partial charge in [0.15, 0.2) is 23.1 Å². The first-order chi connectivity index (χ1) is 18.9. The zero-order chi connectivity index (χ0) is 26.7. The molecule has 0 aliphatic heterocycles. The Morgan fingerprint density at radius 1 is 1.10 bits per heavy atom. The van der Waals surface area contributed by atoms with Crippen LogP contribution in [0.4, 0.5) is 10.1 Å². The molecule has 0 spiro atoms. The lowest BCUT2D eigenvalue weighted by atomic mass is 10.0. The van der Waals surface area contributed by atoms with Crippen LogP contribution in [-0.2, 0) is 4.79 Å². The molecule has 1 saturated carbocycles. The van der Waals surface area contributed by atoms with Crippen LogP contribution in [0.15, 0.2) is 55.0 Å². The van der Waals surface area contributed by atoms with Crippen molar-refractivity contribution < 1.29 is 14.0 Å². The van der Waals surface area contributed by atoms with Crippen molar-refractivity contribution in [2.75, 3.05) is 5.32 Å². The minimum Gasteiger partial charge on any atom is -0.335 e. The van der Waals surface area contributed by atoms with Crippen LogP contribution in [0.2, 0.25) is 0 Å². The minimum absolute atomic E-state index is 0.00893. The summed E-state index contributed by atoms with van der Waals surface area (Å²) in [6.07, 6.45) is 6.67. The summed E-state index contributed by atoms with van der Waals surface area (Å²) in [6.45, 7) is 1.54. The molecule has 3 N–H and O–H groups in total. The molecule has 1 fully saturated rings. The van der Waals surface area contributed by atoms with Crippen LogP contribution in [0.5, 0.6) is 0 Å². The van der Waals surface area contributed by atoms with Gasteiger partial charge in [0.05, 0.1) is 22.3 Å². The van der Waals surface area contributed by atoms with Crippen LogP contribution in [0.3, 0.4) is 0 Å². The number of nitrogens with one attached hydrogen (secondary N) is 3. The number of carbonyl (C=O) groups excluding carboxylic acids is 2. The Morgan fingerprint density at radius 3 is 2.77 bits per heavy atom. The summed E-state index contributed by atoms with van der Waals surface area (Å²) in [6, 6.07) is 10.6. The van der Waals surface area contributed by atoms with Crippen molar-refractivity contribution in [2.45, 2.75) is 19.8 Å². The molecule has 5 aromatic heterocycles. The van der Waals surface area contributed by atoms with Gasteiger partial charge in [-0.25, -0.2) is 14.4 Å². The van der Waals surface area contributed by atoms with Crippen molar-refractivity contribution in [2.24, 2.45) is 5.92 Å². The Bertz CT molecular complexity index is 1940. The lowest BCUT2D eigenvalue weighted by Crippen LogP contribution is -2.13. The summed E-state index contributed by atoms with van der Waals surface area (Å²) < 4.78 is 15.2. The number of Topliss-reactive ketones (excluding diaryl/α,β-unsaturated/α-hetero) is 1. The van der Waals surface area contributed by atoms with Gasteiger partial charge in [-0.3, -0.25) is 19.7 Å². The normalized spacial score (nSPS) is 13.3. The number of benzene rings is 1. The van der Waals surface area contributed by atoms with Gasteiger partial charge in [0.1, 0.15) is 11.2 Å². The molecule has 0 saturated heterocycles. The Hall–Kier alpha value is -4.77. The van der Waals surface area contributed by atoms with Crippen molar-refractivity contribution in [1.29, 1.82) is 0 Å². The minimum atomic E-state index is -0.498. The van der Waals surface area contributed by atoms with Gasteiger partial charge in [-0.15, -0.1) is 11.3 Å². The molecule has 5 heterocycles. The number of thiophene rings is 1. The van der Waals surface area contributed by atoms with Crippen LogP contribution in [-0.4, -0.2) is 41.8 Å². The van der Waals surface area contributed by atoms with Crippen LogP contribution in [0.25, 0.3) is 55.2 Å². The van der Waals surface area contributed by atoms with E-state index < -0.39 is 5.82 Å². The molecule has 6 aromatic rings. The maximum Gasteiger partial charge on any atom is 0.227 e. The van der Waals surface area contributed by atoms with Crippen molar-refractivity contribution >= 4 is 50.8 Å². The second-order valence-corrected chi connectivity index (χ2v) is 10.6. The van der Waals surface area contributed by atoms with E-state index in [0.717, 1.165) is 23.3 Å². The fourth-order valence-corrected chi connectivity index (χ4v) is 5.52. The molecule has 1 aliphatic rings. The highest BCUT2D eigenvalue weighted by Crippen LogP contribution is 2.36. The van der Waals surface area contributed by atoms with Crippen molar-refractivity contribution in [1.82, 2.24) is 30.1 Å². The predicted octanol–water partition coefficient (Wildman–Crippen LogP) is 5.98. The molecule has 0 atom stereocenters. The van der Waals surface area contributed by atoms with Crippen LogP contribution >= 0.6 is 11.3 Å². The van der Waals surface area contributed by atoms with Gasteiger partial charge in [0.2, 0.25) is 5.91 Å². The number of nitrogens with zero attached hydrogens (tertiary/aromatic N) is 4. The molecule has 192 valence electrons. The molecule has 7 rings (SSSR count). The van der Waals surface area contributed by atoms with E-state index in [1.165, 1.54) is 17.4 Å². The molecule has 1 aromatic carbocycles. The standard InChI is InChI=1S/C28H20FN7O2S/c1-13(37)21-4-5-22(39-21)18-6-7-31-26-24(18)33-27(34-26)25-19-9-15(10-20(29)23(19)35-36-25)16-8-17(12-30-11-16)32-28(38)14-2-3-14/h4-12,14H,2-3H2,1H3,(H,32,38)(H,35,36)(H,31,33,34). The van der Waals surface area contributed by atoms with Gasteiger partial charge in [0.25, 0.3) is 0 Å². The second-order valence-electron chi connectivity index (χ2n) is 9.54. The van der Waals surface area contributed by atoms with Crippen LogP contribution < -0.4 is 5.32 Å². The van der Waals surface area contributed by atoms with Crippen molar-refractivity contribution in [3.63, 3.8) is 0 Å². The Balaban J connectivity index is 1.30. The highest BCUT2D eigenvalue weighted by molar-refractivity contribution is 7.17. The van der Waals surface area contributed by atoms with Gasteiger partial charge in [0, 0.05) is 39.7 Å². The number of hydrogen-bond donors (Lipinski definition) is 3. The third-order valence-electron chi connectivity index (χ3n) is 6.75. The van der Waals surface area contributed by atoms with E-state index in [-0.39, 0.29) is 23.1 Å². The van der Waals surface area contributed by atoms with Crippen molar-refractivity contribution in [3.05, 3.63) is 65.7 Å². The predicted molar refractivity (Wildman–Crippen MR) is 147 cm³/mol. The molecule has 0 bridgehead atoms. The first kappa shape index (κ1) is 23.4. The number of aromatic nitrogens is 6. The van der Waals surface area contributed by atoms with E-state index in [1.54, 1.807) is 37.6 Å². The summed E-state index contributed by atoms with van der Waals surface area (Å²) in [7, 11) is 0. The number of halogens is 1. The van der Waals surface area contributed by atoms with E-state index in [4.69, 9.17) is 0 Å². The first-order valence-corrected chi connectivity index (χ1v) is 13.2. The Kier molecular flexibility index (Phi) is 5.34. The fourth-order valence-electron chi connectivity index (χ4n) is 4.59. The van der Waals surface area contributed by atoms with Gasteiger partial charge < -0.3 is 10.3 Å². The quantitative estimate of drug-likeness (QED) is 0.224. The number of fused-ring (bicyclic) bond motifs is 2. The van der Waals surface area contributed by atoms with E-state index >= 15 is 4.39 Å². The zero-order valence-corrected chi connectivity index (χ0v) is 21.4. The molecule has 0 radical (unpaired) electrons. The molecular formula is C28H20FN7O2S. The van der Waals surface area contributed by atoms with Crippen molar-refractivity contribution in [3.8, 4) is 33.1 Å². The average molecular weight is 538 g/mol. The number of pyridine rings is 2. The number of rotatable bonds is 6. The molecule has 11 heteroatoms. The maximum absolute atomic E-state index is 15.2. The van der Waals surface area contributed by atoms with E-state index in [0.29, 0.717) is 49.8 Å². The molecule has 1 amide bonds. The topological polar surface area (TPSA) is 129 Å². The number of hydrogen-bond acceptors (Lipinski definition) is 7.